The molecule has 8 heteroatoms. The maximum atomic E-state index is 12.4. The van der Waals surface area contributed by atoms with Crippen molar-refractivity contribution < 1.29 is 22.8 Å². The molecule has 21 heavy (non-hydrogen) atoms. The topological polar surface area (TPSA) is 49.4 Å². The van der Waals surface area contributed by atoms with E-state index in [1.165, 1.54) is 4.90 Å². The molecule has 0 aromatic heterocycles. The molecule has 1 atom stereocenters. The van der Waals surface area contributed by atoms with Crippen LogP contribution in [-0.2, 0) is 9.59 Å². The first-order valence-corrected chi connectivity index (χ1v) is 7.77. The fraction of sp³-hybridized carbons (Fsp3) is 0.846. The third-order valence-electron chi connectivity index (χ3n) is 3.39. The van der Waals surface area contributed by atoms with Crippen LogP contribution in [0.5, 0.6) is 0 Å². The van der Waals surface area contributed by atoms with Gasteiger partial charge in [0.1, 0.15) is 11.6 Å². The number of hydrogen-bond donors (Lipinski definition) is 1. The Kier molecular flexibility index (Phi) is 5.57. The number of hydrogen-bond acceptors (Lipinski definition) is 3. The first-order chi connectivity index (χ1) is 9.45. The molecule has 0 aromatic rings. The first kappa shape index (κ1) is 18.1. The maximum Gasteiger partial charge on any atom is 0.441 e. The monoisotopic (exact) mass is 326 g/mol. The van der Waals surface area contributed by atoms with Gasteiger partial charge >= 0.3 is 5.51 Å². The lowest BCUT2D eigenvalue weighted by atomic mass is 9.92. The Bertz CT molecular complexity index is 411. The number of piperazine rings is 1. The summed E-state index contributed by atoms with van der Waals surface area (Å²) in [4.78, 5) is 25.7. The molecule has 0 spiro atoms. The Hall–Kier alpha value is -0.920. The average Bonchev–Trinajstić information content (AvgIpc) is 2.29. The van der Waals surface area contributed by atoms with Gasteiger partial charge in [0, 0.05) is 12.3 Å². The molecule has 1 rings (SSSR count). The summed E-state index contributed by atoms with van der Waals surface area (Å²) in [6.07, 6.45) is 0.476. The van der Waals surface area contributed by atoms with Crippen LogP contribution in [0.3, 0.4) is 0 Å². The van der Waals surface area contributed by atoms with Crippen LogP contribution < -0.4 is 5.32 Å². The molecule has 1 unspecified atom stereocenters. The molecule has 0 aromatic carbocycles. The van der Waals surface area contributed by atoms with E-state index in [0.29, 0.717) is 6.42 Å². The van der Waals surface area contributed by atoms with Gasteiger partial charge in [-0.05, 0) is 37.9 Å². The summed E-state index contributed by atoms with van der Waals surface area (Å²) < 4.78 is 36.6. The van der Waals surface area contributed by atoms with Crippen LogP contribution in [-0.4, -0.2) is 46.1 Å². The second kappa shape index (κ2) is 6.46. The van der Waals surface area contributed by atoms with E-state index in [1.54, 1.807) is 13.8 Å². The van der Waals surface area contributed by atoms with Gasteiger partial charge in [-0.25, -0.2) is 0 Å². The fourth-order valence-electron chi connectivity index (χ4n) is 2.26. The molecule has 0 bridgehead atoms. The summed E-state index contributed by atoms with van der Waals surface area (Å²) in [6.45, 7) is 6.83. The number of halogens is 3. The third kappa shape index (κ3) is 4.79. The molecule has 1 aliphatic rings. The zero-order chi connectivity index (χ0) is 16.4. The number of carbonyl (C=O) groups excluding carboxylic acids is 2. The molecule has 1 aliphatic heterocycles. The highest BCUT2D eigenvalue weighted by Crippen LogP contribution is 2.31. The minimum atomic E-state index is -4.33. The van der Waals surface area contributed by atoms with Crippen molar-refractivity contribution in [2.24, 2.45) is 5.92 Å². The molecule has 0 saturated carbocycles. The number of rotatable bonds is 5. The molecule has 0 radical (unpaired) electrons. The van der Waals surface area contributed by atoms with Gasteiger partial charge in [-0.2, -0.15) is 13.2 Å². The van der Waals surface area contributed by atoms with E-state index in [-0.39, 0.29) is 41.8 Å². The Labute approximate surface area is 126 Å². The van der Waals surface area contributed by atoms with Crippen molar-refractivity contribution in [3.8, 4) is 0 Å². The van der Waals surface area contributed by atoms with Crippen molar-refractivity contribution in [2.45, 2.75) is 51.2 Å². The molecule has 122 valence electrons. The lowest BCUT2D eigenvalue weighted by Gasteiger charge is -2.44. The summed E-state index contributed by atoms with van der Waals surface area (Å²) in [7, 11) is 0. The standard InChI is InChI=1S/C13H21F3N2O2S/c1-8(2)7-9-10(19)18(5-6-21-13(14,15)16)12(3,4)11(20)17-9/h8-9H,5-7H2,1-4H3,(H,17,20). The van der Waals surface area contributed by atoms with E-state index < -0.39 is 17.1 Å². The zero-order valence-corrected chi connectivity index (χ0v) is 13.4. The largest absolute Gasteiger partial charge is 0.441 e. The smallest absolute Gasteiger partial charge is 0.342 e. The van der Waals surface area contributed by atoms with E-state index in [2.05, 4.69) is 5.32 Å². The Morgan fingerprint density at radius 3 is 2.38 bits per heavy atom. The first-order valence-electron chi connectivity index (χ1n) is 6.78. The van der Waals surface area contributed by atoms with Crippen LogP contribution in [0.1, 0.15) is 34.1 Å². The summed E-state index contributed by atoms with van der Waals surface area (Å²) in [5, 5.41) is 2.67. The molecule has 2 amide bonds. The predicted octanol–water partition coefficient (Wildman–Crippen LogP) is 2.39. The van der Waals surface area contributed by atoms with Crippen LogP contribution in [0.2, 0.25) is 0 Å². The van der Waals surface area contributed by atoms with Crippen molar-refractivity contribution >= 4 is 23.6 Å². The van der Waals surface area contributed by atoms with E-state index in [0.717, 1.165) is 0 Å². The maximum absolute atomic E-state index is 12.4. The molecule has 1 N–H and O–H groups in total. The van der Waals surface area contributed by atoms with Gasteiger partial charge in [-0.15, -0.1) is 0 Å². The quantitative estimate of drug-likeness (QED) is 0.844. The van der Waals surface area contributed by atoms with Gasteiger partial charge in [0.15, 0.2) is 0 Å². The van der Waals surface area contributed by atoms with Gasteiger partial charge in [-0.3, -0.25) is 9.59 Å². The zero-order valence-electron chi connectivity index (χ0n) is 12.6. The van der Waals surface area contributed by atoms with E-state index in [9.17, 15) is 22.8 Å². The van der Waals surface area contributed by atoms with Gasteiger partial charge in [0.05, 0.1) is 0 Å². The highest BCUT2D eigenvalue weighted by molar-refractivity contribution is 8.00. The second-order valence-electron chi connectivity index (χ2n) is 6.00. The van der Waals surface area contributed by atoms with Crippen molar-refractivity contribution in [1.29, 1.82) is 0 Å². The van der Waals surface area contributed by atoms with Crippen LogP contribution in [0.4, 0.5) is 13.2 Å². The number of nitrogens with one attached hydrogen (secondary N) is 1. The number of nitrogens with zero attached hydrogens (tertiary/aromatic N) is 1. The van der Waals surface area contributed by atoms with Crippen LogP contribution in [0, 0.1) is 5.92 Å². The summed E-state index contributed by atoms with van der Waals surface area (Å²) in [6, 6.07) is -0.651. The lowest BCUT2D eigenvalue weighted by molar-refractivity contribution is -0.155. The normalized spacial score (nSPS) is 22.7. The lowest BCUT2D eigenvalue weighted by Crippen LogP contribution is -2.68. The highest BCUT2D eigenvalue weighted by atomic mass is 32.2. The average molecular weight is 326 g/mol. The van der Waals surface area contributed by atoms with Gasteiger partial charge < -0.3 is 10.2 Å². The second-order valence-corrected chi connectivity index (χ2v) is 7.16. The number of carbonyl (C=O) groups is 2. The van der Waals surface area contributed by atoms with E-state index in [4.69, 9.17) is 0 Å². The van der Waals surface area contributed by atoms with Crippen LogP contribution >= 0.6 is 11.8 Å². The molecular formula is C13H21F3N2O2S. The number of alkyl halides is 3. The molecule has 1 saturated heterocycles. The van der Waals surface area contributed by atoms with Crippen LogP contribution in [0.25, 0.3) is 0 Å². The summed E-state index contributed by atoms with van der Waals surface area (Å²) in [5.41, 5.74) is -5.46. The summed E-state index contributed by atoms with van der Waals surface area (Å²) in [5.74, 6) is -0.715. The minimum Gasteiger partial charge on any atom is -0.342 e. The fourth-order valence-corrected chi connectivity index (χ4v) is 2.76. The van der Waals surface area contributed by atoms with Crippen molar-refractivity contribution in [1.82, 2.24) is 10.2 Å². The number of thioether (sulfide) groups is 1. The molecule has 0 aliphatic carbocycles. The highest BCUT2D eigenvalue weighted by Gasteiger charge is 2.46. The third-order valence-corrected chi connectivity index (χ3v) is 4.10. The van der Waals surface area contributed by atoms with Gasteiger partial charge in [0.2, 0.25) is 11.8 Å². The summed E-state index contributed by atoms with van der Waals surface area (Å²) >= 11 is -0.179. The Morgan fingerprint density at radius 1 is 1.33 bits per heavy atom. The molecule has 1 heterocycles. The van der Waals surface area contributed by atoms with Crippen molar-refractivity contribution in [3.63, 3.8) is 0 Å². The minimum absolute atomic E-state index is 0.0992. The van der Waals surface area contributed by atoms with Crippen LogP contribution in [0.15, 0.2) is 0 Å². The molecular weight excluding hydrogens is 305 g/mol. The Morgan fingerprint density at radius 2 is 1.90 bits per heavy atom. The predicted molar refractivity (Wildman–Crippen MR) is 75.7 cm³/mol. The van der Waals surface area contributed by atoms with E-state index >= 15 is 0 Å². The van der Waals surface area contributed by atoms with E-state index in [1.807, 2.05) is 13.8 Å². The van der Waals surface area contributed by atoms with Gasteiger partial charge in [0.25, 0.3) is 0 Å². The molecule has 4 nitrogen and oxygen atoms in total. The Balaban J connectivity index is 2.80. The number of amides is 2. The molecule has 1 fully saturated rings. The SMILES string of the molecule is CC(C)CC1NC(=O)C(C)(C)N(CCSC(F)(F)F)C1=O. The van der Waals surface area contributed by atoms with Gasteiger partial charge in [-0.1, -0.05) is 13.8 Å². The van der Waals surface area contributed by atoms with Crippen molar-refractivity contribution in [3.05, 3.63) is 0 Å². The van der Waals surface area contributed by atoms with Crippen molar-refractivity contribution in [2.75, 3.05) is 12.3 Å².